The number of ether oxygens (including phenoxy) is 1. The number of nitrogen functional groups attached to an aromatic ring is 1. The summed E-state index contributed by atoms with van der Waals surface area (Å²) in [4.78, 5) is 41.6. The fourth-order valence-corrected chi connectivity index (χ4v) is 5.35. The Morgan fingerprint density at radius 3 is 2.52 bits per heavy atom. The Morgan fingerprint density at radius 1 is 1.20 bits per heavy atom. The number of nitrogens with one attached hydrogen (secondary N) is 2. The van der Waals surface area contributed by atoms with Crippen LogP contribution in [0.1, 0.15) is 46.4 Å². The Kier molecular flexibility index (Phi) is 8.40. The maximum Gasteiger partial charge on any atom is 0.408 e. The molecule has 3 aromatic rings. The average Bonchev–Trinajstić information content (AvgIpc) is 3.30. The number of anilines is 2. The molecule has 0 saturated carbocycles. The van der Waals surface area contributed by atoms with Crippen molar-refractivity contribution in [2.45, 2.75) is 58.6 Å². The molecule has 1 aliphatic rings. The van der Waals surface area contributed by atoms with Gasteiger partial charge in [0.1, 0.15) is 28.7 Å². The first kappa shape index (κ1) is 29.3. The smallest absolute Gasteiger partial charge is 0.408 e. The van der Waals surface area contributed by atoms with Gasteiger partial charge in [-0.25, -0.2) is 14.8 Å². The number of pyridine rings is 1. The summed E-state index contributed by atoms with van der Waals surface area (Å²) < 4.78 is 37.7. The molecule has 5 N–H and O–H groups in total. The number of nitrogens with two attached hydrogens (primary N) is 1. The summed E-state index contributed by atoms with van der Waals surface area (Å²) in [6, 6.07) is 4.38. The number of piperazine rings is 1. The van der Waals surface area contributed by atoms with Crippen molar-refractivity contribution in [2.75, 3.05) is 42.6 Å². The predicted octanol–water partition coefficient (Wildman–Crippen LogP) is 2.47. The highest BCUT2D eigenvalue weighted by Gasteiger charge is 2.33. The second-order valence-electron chi connectivity index (χ2n) is 11.0. The fourth-order valence-electron chi connectivity index (χ4n) is 4.71. The molecule has 4 rings (SSSR count). The van der Waals surface area contributed by atoms with Crippen LogP contribution in [0.15, 0.2) is 18.2 Å². The van der Waals surface area contributed by atoms with Crippen LogP contribution < -0.4 is 16.0 Å². The van der Waals surface area contributed by atoms with Crippen molar-refractivity contribution in [3.05, 3.63) is 24.0 Å². The first-order chi connectivity index (χ1) is 18.7. The number of imidazole rings is 1. The molecule has 0 spiro atoms. The molecule has 0 aliphatic carbocycles. The lowest BCUT2D eigenvalue weighted by atomic mass is 10.1. The van der Waals surface area contributed by atoms with Crippen LogP contribution in [0.3, 0.4) is 0 Å². The number of H-pyrrole nitrogens is 1. The van der Waals surface area contributed by atoms with E-state index in [1.807, 2.05) is 18.2 Å². The SMILES string of the molecule is CCCCc1nc2c(N)nc3ccc(N4CCN(C(=O)C(CS(=O)(=O)O)NC(=O)OC(C)(C)C)CC4)cc3c2[nH]1. The second kappa shape index (κ2) is 11.5. The van der Waals surface area contributed by atoms with Crippen LogP contribution in [0.5, 0.6) is 0 Å². The molecule has 1 fully saturated rings. The number of rotatable bonds is 8. The van der Waals surface area contributed by atoms with E-state index in [0.717, 1.165) is 47.2 Å². The summed E-state index contributed by atoms with van der Waals surface area (Å²) in [6.07, 6.45) is 1.94. The van der Waals surface area contributed by atoms with Gasteiger partial charge in [-0.05, 0) is 45.4 Å². The zero-order chi connectivity index (χ0) is 29.2. The first-order valence-corrected chi connectivity index (χ1v) is 14.9. The number of carbonyl (C=O) groups is 2. The molecule has 13 nitrogen and oxygen atoms in total. The molecule has 2 aromatic heterocycles. The monoisotopic (exact) mass is 575 g/mol. The lowest BCUT2D eigenvalue weighted by Crippen LogP contribution is -2.57. The third-order valence-electron chi connectivity index (χ3n) is 6.58. The molecule has 14 heteroatoms. The van der Waals surface area contributed by atoms with E-state index in [2.05, 4.69) is 32.1 Å². The number of benzene rings is 1. The van der Waals surface area contributed by atoms with E-state index in [1.165, 1.54) is 4.90 Å². The molecule has 3 heterocycles. The van der Waals surface area contributed by atoms with Crippen LogP contribution in [0.4, 0.5) is 16.3 Å². The van der Waals surface area contributed by atoms with Crippen molar-refractivity contribution in [1.82, 2.24) is 25.2 Å². The van der Waals surface area contributed by atoms with Gasteiger partial charge in [-0.15, -0.1) is 0 Å². The van der Waals surface area contributed by atoms with E-state index in [1.54, 1.807) is 20.8 Å². The number of hydrogen-bond acceptors (Lipinski definition) is 9. The van der Waals surface area contributed by atoms with Crippen molar-refractivity contribution in [1.29, 1.82) is 0 Å². The minimum absolute atomic E-state index is 0.287. The Bertz CT molecular complexity index is 1510. The highest BCUT2D eigenvalue weighted by Crippen LogP contribution is 2.30. The van der Waals surface area contributed by atoms with Gasteiger partial charge >= 0.3 is 6.09 Å². The fraction of sp³-hybridized carbons (Fsp3) is 0.538. The number of amides is 2. The molecule has 1 saturated heterocycles. The molecule has 0 radical (unpaired) electrons. The van der Waals surface area contributed by atoms with Crippen LogP contribution in [0.2, 0.25) is 0 Å². The highest BCUT2D eigenvalue weighted by molar-refractivity contribution is 7.85. The van der Waals surface area contributed by atoms with Gasteiger partial charge in [-0.1, -0.05) is 13.3 Å². The minimum atomic E-state index is -4.55. The lowest BCUT2D eigenvalue weighted by molar-refractivity contribution is -0.133. The summed E-state index contributed by atoms with van der Waals surface area (Å²) >= 11 is 0. The van der Waals surface area contributed by atoms with Gasteiger partial charge in [-0.2, -0.15) is 8.42 Å². The maximum absolute atomic E-state index is 13.2. The number of aromatic nitrogens is 3. The number of alkyl carbamates (subject to hydrolysis) is 1. The quantitative estimate of drug-likeness (QED) is 0.291. The predicted molar refractivity (Wildman–Crippen MR) is 153 cm³/mol. The Balaban J connectivity index is 1.49. The molecule has 0 bridgehead atoms. The maximum atomic E-state index is 13.2. The molecule has 218 valence electrons. The van der Waals surface area contributed by atoms with Crippen molar-refractivity contribution in [3.63, 3.8) is 0 Å². The van der Waals surface area contributed by atoms with Crippen LogP contribution in [0.25, 0.3) is 21.9 Å². The number of nitrogens with zero attached hydrogens (tertiary/aromatic N) is 4. The Labute approximate surface area is 233 Å². The number of fused-ring (bicyclic) bond motifs is 3. The summed E-state index contributed by atoms with van der Waals surface area (Å²) in [6.45, 7) is 8.58. The van der Waals surface area contributed by atoms with Gasteiger partial charge in [0.2, 0.25) is 5.91 Å². The third-order valence-corrected chi connectivity index (χ3v) is 7.33. The van der Waals surface area contributed by atoms with E-state index in [0.29, 0.717) is 24.4 Å². The Morgan fingerprint density at radius 2 is 1.90 bits per heavy atom. The molecule has 1 atom stereocenters. The molecular weight excluding hydrogens is 538 g/mol. The summed E-state index contributed by atoms with van der Waals surface area (Å²) in [7, 11) is -4.55. The minimum Gasteiger partial charge on any atom is -0.444 e. The van der Waals surface area contributed by atoms with E-state index in [9.17, 15) is 22.6 Å². The van der Waals surface area contributed by atoms with Gasteiger partial charge < -0.3 is 30.6 Å². The lowest BCUT2D eigenvalue weighted by Gasteiger charge is -2.37. The summed E-state index contributed by atoms with van der Waals surface area (Å²) in [5.74, 6) is -0.317. The van der Waals surface area contributed by atoms with E-state index in [4.69, 9.17) is 10.5 Å². The number of hydrogen-bond donors (Lipinski definition) is 4. The summed E-state index contributed by atoms with van der Waals surface area (Å²) in [5.41, 5.74) is 8.50. The van der Waals surface area contributed by atoms with Crippen molar-refractivity contribution >= 4 is 55.6 Å². The number of aromatic amines is 1. The first-order valence-electron chi connectivity index (χ1n) is 13.3. The molecule has 40 heavy (non-hydrogen) atoms. The van der Waals surface area contributed by atoms with E-state index in [-0.39, 0.29) is 13.1 Å². The van der Waals surface area contributed by atoms with Crippen LogP contribution in [0, 0.1) is 0 Å². The highest BCUT2D eigenvalue weighted by atomic mass is 32.2. The molecule has 2 amide bonds. The van der Waals surface area contributed by atoms with Gasteiger partial charge in [0.15, 0.2) is 5.82 Å². The zero-order valence-corrected chi connectivity index (χ0v) is 24.0. The van der Waals surface area contributed by atoms with Crippen LogP contribution in [-0.2, 0) is 26.1 Å². The number of aryl methyl sites for hydroxylation is 1. The van der Waals surface area contributed by atoms with Crippen LogP contribution in [-0.4, -0.2) is 88.4 Å². The van der Waals surface area contributed by atoms with E-state index >= 15 is 0 Å². The van der Waals surface area contributed by atoms with Crippen molar-refractivity contribution < 1.29 is 27.3 Å². The standard InChI is InChI=1S/C26H37N7O6S/c1-5-6-7-20-30-21-17-14-16(8-9-18(17)28-23(27)22(21)31-20)32-10-12-33(13-11-32)24(34)19(15-40(36,37)38)29-25(35)39-26(2,3)4/h8-9,14,19H,5-7,10-13,15H2,1-4H3,(H2,27,28)(H,29,35)(H,30,31)(H,36,37,38). The van der Waals surface area contributed by atoms with Gasteiger partial charge in [-0.3, -0.25) is 9.35 Å². The Hall–Kier alpha value is -3.65. The van der Waals surface area contributed by atoms with Gasteiger partial charge in [0.05, 0.1) is 11.0 Å². The van der Waals surface area contributed by atoms with Gasteiger partial charge in [0, 0.05) is 43.7 Å². The van der Waals surface area contributed by atoms with Crippen molar-refractivity contribution in [3.8, 4) is 0 Å². The largest absolute Gasteiger partial charge is 0.444 e. The van der Waals surface area contributed by atoms with Crippen molar-refractivity contribution in [2.24, 2.45) is 0 Å². The second-order valence-corrected chi connectivity index (χ2v) is 12.5. The zero-order valence-electron chi connectivity index (χ0n) is 23.2. The van der Waals surface area contributed by atoms with Crippen LogP contribution >= 0.6 is 0 Å². The molecular formula is C26H37N7O6S. The number of carbonyl (C=O) groups excluding carboxylic acids is 2. The third kappa shape index (κ3) is 7.10. The molecule has 1 aliphatic heterocycles. The topological polar surface area (TPSA) is 184 Å². The van der Waals surface area contributed by atoms with Gasteiger partial charge in [0.25, 0.3) is 10.1 Å². The summed E-state index contributed by atoms with van der Waals surface area (Å²) in [5, 5.41) is 3.19. The number of unbranched alkanes of at least 4 members (excludes halogenated alkanes) is 1. The normalized spacial score (nSPS) is 15.4. The average molecular weight is 576 g/mol. The molecule has 1 aromatic carbocycles. The molecule has 1 unspecified atom stereocenters. The van der Waals surface area contributed by atoms with E-state index < -0.39 is 39.5 Å².